The molecule has 0 radical (unpaired) electrons. The van der Waals surface area contributed by atoms with Gasteiger partial charge in [-0.05, 0) is 36.8 Å². The van der Waals surface area contributed by atoms with E-state index in [0.717, 1.165) is 6.20 Å². The van der Waals surface area contributed by atoms with Crippen LogP contribution in [0, 0.1) is 11.6 Å². The Morgan fingerprint density at radius 3 is 2.61 bits per heavy atom. The van der Waals surface area contributed by atoms with Gasteiger partial charge in [0.1, 0.15) is 18.2 Å². The van der Waals surface area contributed by atoms with Crippen molar-refractivity contribution in [1.29, 1.82) is 0 Å². The molecule has 0 N–H and O–H groups in total. The van der Waals surface area contributed by atoms with Gasteiger partial charge in [-0.15, -0.1) is 0 Å². The molecular formula is C22H22F2N4O3. The maximum atomic E-state index is 13.7. The Morgan fingerprint density at radius 1 is 1.13 bits per heavy atom. The van der Waals surface area contributed by atoms with Crippen molar-refractivity contribution in [3.63, 3.8) is 0 Å². The zero-order chi connectivity index (χ0) is 22.2. The third kappa shape index (κ3) is 4.12. The minimum absolute atomic E-state index is 0.0168. The van der Waals surface area contributed by atoms with Crippen LogP contribution in [0.5, 0.6) is 0 Å². The summed E-state index contributed by atoms with van der Waals surface area (Å²) in [6.07, 6.45) is 1.58. The van der Waals surface area contributed by atoms with E-state index in [1.165, 1.54) is 47.1 Å². The van der Waals surface area contributed by atoms with Gasteiger partial charge < -0.3 is 14.7 Å². The molecule has 1 aromatic carbocycles. The van der Waals surface area contributed by atoms with Gasteiger partial charge in [0.05, 0.1) is 24.7 Å². The van der Waals surface area contributed by atoms with E-state index in [4.69, 9.17) is 0 Å². The Hall–Kier alpha value is -3.36. The van der Waals surface area contributed by atoms with Crippen LogP contribution in [0.15, 0.2) is 42.6 Å². The van der Waals surface area contributed by atoms with Crippen molar-refractivity contribution in [3.8, 4) is 0 Å². The van der Waals surface area contributed by atoms with Gasteiger partial charge in [0.15, 0.2) is 0 Å². The Labute approximate surface area is 178 Å². The molecule has 2 saturated heterocycles. The highest BCUT2D eigenvalue weighted by atomic mass is 19.1. The Balaban J connectivity index is 1.55. The summed E-state index contributed by atoms with van der Waals surface area (Å²) in [6, 6.07) is 8.48. The molecule has 4 rings (SSSR count). The first-order valence-electron chi connectivity index (χ1n) is 10.00. The highest BCUT2D eigenvalue weighted by Crippen LogP contribution is 2.35. The fourth-order valence-electron chi connectivity index (χ4n) is 4.38. The number of hydrogen-bond acceptors (Lipinski definition) is 4. The Kier molecular flexibility index (Phi) is 5.43. The first-order valence-corrected chi connectivity index (χ1v) is 10.00. The average Bonchev–Trinajstić information content (AvgIpc) is 3.16. The second-order valence-electron chi connectivity index (χ2n) is 8.00. The first-order chi connectivity index (χ1) is 14.8. The van der Waals surface area contributed by atoms with E-state index in [2.05, 4.69) is 4.98 Å². The molecule has 1 spiro atoms. The van der Waals surface area contributed by atoms with Crippen molar-refractivity contribution in [2.75, 3.05) is 31.1 Å². The summed E-state index contributed by atoms with van der Waals surface area (Å²) in [5.41, 5.74) is 0.127. The number of rotatable bonds is 3. The molecular weight excluding hydrogens is 406 g/mol. The van der Waals surface area contributed by atoms with E-state index >= 15 is 0 Å². The maximum Gasteiger partial charge on any atom is 0.246 e. The molecule has 7 nitrogen and oxygen atoms in total. The number of nitrogens with zero attached hydrogens (tertiary/aromatic N) is 4. The molecule has 31 heavy (non-hydrogen) atoms. The number of piperazine rings is 1. The number of benzene rings is 1. The fourth-order valence-corrected chi connectivity index (χ4v) is 4.38. The predicted molar refractivity (Wildman–Crippen MR) is 108 cm³/mol. The van der Waals surface area contributed by atoms with E-state index in [1.807, 2.05) is 0 Å². The second kappa shape index (κ2) is 8.05. The quantitative estimate of drug-likeness (QED) is 0.747. The molecule has 2 aliphatic heterocycles. The number of anilines is 1. The lowest BCUT2D eigenvalue weighted by Gasteiger charge is -2.48. The molecule has 0 unspecified atom stereocenters. The Morgan fingerprint density at radius 2 is 1.94 bits per heavy atom. The van der Waals surface area contributed by atoms with Crippen molar-refractivity contribution in [3.05, 3.63) is 59.9 Å². The van der Waals surface area contributed by atoms with Crippen LogP contribution in [-0.2, 0) is 20.8 Å². The van der Waals surface area contributed by atoms with Gasteiger partial charge in [0, 0.05) is 31.4 Å². The number of carbonyl (C=O) groups excluding carboxylic acids is 3. The van der Waals surface area contributed by atoms with Crippen LogP contribution >= 0.6 is 0 Å². The highest BCUT2D eigenvalue weighted by molar-refractivity contribution is 5.98. The van der Waals surface area contributed by atoms with E-state index in [0.29, 0.717) is 24.3 Å². The van der Waals surface area contributed by atoms with Crippen LogP contribution in [-0.4, -0.2) is 64.2 Å². The van der Waals surface area contributed by atoms with Crippen LogP contribution in [0.4, 0.5) is 14.5 Å². The van der Waals surface area contributed by atoms with Crippen LogP contribution < -0.4 is 4.90 Å². The summed E-state index contributed by atoms with van der Waals surface area (Å²) in [7, 11) is 0. The van der Waals surface area contributed by atoms with Gasteiger partial charge in [-0.1, -0.05) is 6.07 Å². The van der Waals surface area contributed by atoms with E-state index < -0.39 is 17.2 Å². The van der Waals surface area contributed by atoms with Crippen LogP contribution in [0.3, 0.4) is 0 Å². The molecule has 3 amide bonds. The lowest BCUT2D eigenvalue weighted by molar-refractivity contribution is -0.143. The van der Waals surface area contributed by atoms with Crippen molar-refractivity contribution in [2.24, 2.45) is 0 Å². The molecule has 1 atom stereocenters. The highest BCUT2D eigenvalue weighted by Gasteiger charge is 2.51. The van der Waals surface area contributed by atoms with Crippen molar-refractivity contribution in [1.82, 2.24) is 14.8 Å². The Bertz CT molecular complexity index is 1030. The van der Waals surface area contributed by atoms with E-state index in [-0.39, 0.29) is 43.8 Å². The summed E-state index contributed by atoms with van der Waals surface area (Å²) in [6.45, 7) is 2.11. The summed E-state index contributed by atoms with van der Waals surface area (Å²) < 4.78 is 26.8. The lowest BCUT2D eigenvalue weighted by Crippen LogP contribution is -2.67. The topological polar surface area (TPSA) is 73.8 Å². The smallest absolute Gasteiger partial charge is 0.246 e. The van der Waals surface area contributed by atoms with Gasteiger partial charge in [0.2, 0.25) is 17.7 Å². The molecule has 162 valence electrons. The number of amides is 3. The van der Waals surface area contributed by atoms with Crippen LogP contribution in [0.2, 0.25) is 0 Å². The largest absolute Gasteiger partial charge is 0.340 e. The number of pyridine rings is 1. The normalized spacial score (nSPS) is 21.1. The molecule has 9 heteroatoms. The van der Waals surface area contributed by atoms with Crippen LogP contribution in [0.1, 0.15) is 19.0 Å². The molecule has 0 saturated carbocycles. The maximum absolute atomic E-state index is 13.7. The average molecular weight is 428 g/mol. The summed E-state index contributed by atoms with van der Waals surface area (Å²) >= 11 is 0. The van der Waals surface area contributed by atoms with Gasteiger partial charge in [-0.25, -0.2) is 8.78 Å². The minimum Gasteiger partial charge on any atom is -0.340 e. The summed E-state index contributed by atoms with van der Waals surface area (Å²) in [5, 5.41) is 0. The lowest BCUT2D eigenvalue weighted by atomic mass is 9.91. The van der Waals surface area contributed by atoms with Gasteiger partial charge in [-0.3, -0.25) is 19.4 Å². The second-order valence-corrected chi connectivity index (χ2v) is 8.00. The number of halogens is 2. The van der Waals surface area contributed by atoms with Gasteiger partial charge >= 0.3 is 0 Å². The molecule has 2 aliphatic rings. The van der Waals surface area contributed by atoms with Gasteiger partial charge in [-0.2, -0.15) is 0 Å². The molecule has 0 bridgehead atoms. The minimum atomic E-state index is -0.752. The molecule has 0 aliphatic carbocycles. The SMILES string of the molecule is CC(=O)N1CC(=O)N(c2cccc(F)c2)C[C@]12CCN(C(=O)Cc1ccc(F)cn1)C2. The van der Waals surface area contributed by atoms with E-state index in [1.54, 1.807) is 11.0 Å². The zero-order valence-electron chi connectivity index (χ0n) is 17.1. The van der Waals surface area contributed by atoms with E-state index in [9.17, 15) is 23.2 Å². The fraction of sp³-hybridized carbons (Fsp3) is 0.364. The third-order valence-electron chi connectivity index (χ3n) is 5.93. The molecule has 2 aromatic rings. The van der Waals surface area contributed by atoms with Gasteiger partial charge in [0.25, 0.3) is 0 Å². The summed E-state index contributed by atoms with van der Waals surface area (Å²) in [5.74, 6) is -1.66. The van der Waals surface area contributed by atoms with Crippen molar-refractivity contribution in [2.45, 2.75) is 25.3 Å². The van der Waals surface area contributed by atoms with Crippen molar-refractivity contribution >= 4 is 23.4 Å². The third-order valence-corrected chi connectivity index (χ3v) is 5.93. The van der Waals surface area contributed by atoms with Crippen molar-refractivity contribution < 1.29 is 23.2 Å². The number of carbonyl (C=O) groups is 3. The summed E-state index contributed by atoms with van der Waals surface area (Å²) in [4.78, 5) is 46.5. The zero-order valence-corrected chi connectivity index (χ0v) is 17.1. The van der Waals surface area contributed by atoms with Crippen LogP contribution in [0.25, 0.3) is 0 Å². The predicted octanol–water partition coefficient (Wildman–Crippen LogP) is 1.77. The standard InChI is InChI=1S/C22H22F2N4O3/c1-15(29)28-12-21(31)27(19-4-2-3-16(23)9-19)14-22(28)7-8-26(13-22)20(30)10-18-6-5-17(24)11-25-18/h2-6,9,11H,7-8,10,12-14H2,1H3/t22-/m1/s1. The molecule has 1 aromatic heterocycles. The number of likely N-dealkylation sites (tertiary alicyclic amines) is 1. The number of aromatic nitrogens is 1. The molecule has 2 fully saturated rings. The monoisotopic (exact) mass is 428 g/mol. The molecule has 3 heterocycles. The number of hydrogen-bond donors (Lipinski definition) is 0. The first kappa shape index (κ1) is 20.9.